The first-order chi connectivity index (χ1) is 11.8. The quantitative estimate of drug-likeness (QED) is 0.771. The molecule has 134 valence electrons. The lowest BCUT2D eigenvalue weighted by Crippen LogP contribution is -2.30. The third kappa shape index (κ3) is 6.49. The van der Waals surface area contributed by atoms with Crippen LogP contribution in [-0.2, 0) is 21.2 Å². The van der Waals surface area contributed by atoms with Gasteiger partial charge in [-0.2, -0.15) is 0 Å². The van der Waals surface area contributed by atoms with Crippen molar-refractivity contribution in [1.82, 2.24) is 4.72 Å². The summed E-state index contributed by atoms with van der Waals surface area (Å²) in [5.74, 6) is -0.277. The lowest BCUT2D eigenvalue weighted by atomic mass is 10.0. The fraction of sp³-hybridized carbons (Fsp3) is 0.278. The van der Waals surface area contributed by atoms with E-state index < -0.39 is 16.1 Å². The summed E-state index contributed by atoms with van der Waals surface area (Å²) in [7, 11) is -3.47. The van der Waals surface area contributed by atoms with Gasteiger partial charge in [0.2, 0.25) is 15.9 Å². The molecule has 0 radical (unpaired) electrons. The van der Waals surface area contributed by atoms with Gasteiger partial charge in [-0.05, 0) is 41.8 Å². The number of hydrogen-bond acceptors (Lipinski definition) is 3. The number of aryl methyl sites for hydroxylation is 1. The van der Waals surface area contributed by atoms with Gasteiger partial charge in [0, 0.05) is 17.1 Å². The molecule has 0 aromatic heterocycles. The van der Waals surface area contributed by atoms with Gasteiger partial charge in [0.05, 0.1) is 12.3 Å². The maximum Gasteiger partial charge on any atom is 0.226 e. The highest BCUT2D eigenvalue weighted by atomic mass is 35.5. The van der Waals surface area contributed by atoms with Crippen molar-refractivity contribution in [2.75, 3.05) is 11.6 Å². The fourth-order valence-corrected chi connectivity index (χ4v) is 3.26. The Morgan fingerprint density at radius 1 is 1.08 bits per heavy atom. The van der Waals surface area contributed by atoms with Crippen molar-refractivity contribution in [1.29, 1.82) is 0 Å². The molecule has 2 rings (SSSR count). The number of carbonyl (C=O) groups excluding carboxylic acids is 1. The molecule has 2 aromatic rings. The van der Waals surface area contributed by atoms with Crippen LogP contribution in [0.15, 0.2) is 48.5 Å². The SMILES string of the molecule is CCc1ccc(NC(=O)CC(NS(C)(=O)=O)c2ccc(Cl)cc2)cc1. The summed E-state index contributed by atoms with van der Waals surface area (Å²) >= 11 is 5.87. The van der Waals surface area contributed by atoms with Gasteiger partial charge in [-0.25, -0.2) is 13.1 Å². The first-order valence-corrected chi connectivity index (χ1v) is 10.2. The highest BCUT2D eigenvalue weighted by Crippen LogP contribution is 2.21. The van der Waals surface area contributed by atoms with Gasteiger partial charge < -0.3 is 5.32 Å². The molecule has 2 aromatic carbocycles. The first kappa shape index (κ1) is 19.4. The highest BCUT2D eigenvalue weighted by Gasteiger charge is 2.20. The van der Waals surface area contributed by atoms with Crippen LogP contribution >= 0.6 is 11.6 Å². The predicted octanol–water partition coefficient (Wildman–Crippen LogP) is 3.52. The molecule has 0 spiro atoms. The first-order valence-electron chi connectivity index (χ1n) is 7.88. The third-order valence-electron chi connectivity index (χ3n) is 3.66. The molecule has 0 aliphatic rings. The number of nitrogens with one attached hydrogen (secondary N) is 2. The summed E-state index contributed by atoms with van der Waals surface area (Å²) in [5, 5.41) is 3.33. The fourth-order valence-electron chi connectivity index (χ4n) is 2.40. The zero-order valence-corrected chi connectivity index (χ0v) is 15.7. The van der Waals surface area contributed by atoms with E-state index in [1.807, 2.05) is 24.3 Å². The zero-order chi connectivity index (χ0) is 18.4. The second kappa shape index (κ2) is 8.47. The van der Waals surface area contributed by atoms with Gasteiger partial charge in [0.15, 0.2) is 0 Å². The summed E-state index contributed by atoms with van der Waals surface area (Å²) in [6, 6.07) is 13.6. The molecule has 1 unspecified atom stereocenters. The van der Waals surface area contributed by atoms with Crippen LogP contribution in [0.25, 0.3) is 0 Å². The van der Waals surface area contributed by atoms with Crippen molar-refractivity contribution in [3.63, 3.8) is 0 Å². The van der Waals surface area contributed by atoms with E-state index in [2.05, 4.69) is 17.0 Å². The highest BCUT2D eigenvalue weighted by molar-refractivity contribution is 7.88. The number of anilines is 1. The van der Waals surface area contributed by atoms with Crippen molar-refractivity contribution in [3.05, 3.63) is 64.7 Å². The summed E-state index contributed by atoms with van der Waals surface area (Å²) in [5.41, 5.74) is 2.53. The molecule has 0 aliphatic carbocycles. The van der Waals surface area contributed by atoms with Crippen molar-refractivity contribution in [2.24, 2.45) is 0 Å². The number of hydrogen-bond donors (Lipinski definition) is 2. The Morgan fingerprint density at radius 2 is 1.68 bits per heavy atom. The van der Waals surface area contributed by atoms with Crippen LogP contribution in [0.2, 0.25) is 5.02 Å². The van der Waals surface area contributed by atoms with Gasteiger partial charge in [-0.15, -0.1) is 0 Å². The molecular weight excluding hydrogens is 360 g/mol. The molecule has 0 aliphatic heterocycles. The second-order valence-electron chi connectivity index (χ2n) is 5.80. The molecule has 0 saturated carbocycles. The molecule has 1 atom stereocenters. The second-order valence-corrected chi connectivity index (χ2v) is 8.01. The standard InChI is InChI=1S/C18H21ClN2O3S/c1-3-13-4-10-16(11-5-13)20-18(22)12-17(21-25(2,23)24)14-6-8-15(19)9-7-14/h4-11,17,21H,3,12H2,1-2H3,(H,20,22). The largest absolute Gasteiger partial charge is 0.326 e. The molecule has 0 saturated heterocycles. The van der Waals surface area contributed by atoms with Gasteiger partial charge in [0.25, 0.3) is 0 Å². The number of carbonyl (C=O) groups is 1. The van der Waals surface area contributed by atoms with Gasteiger partial charge in [-0.3, -0.25) is 4.79 Å². The van der Waals surface area contributed by atoms with Crippen LogP contribution in [0.3, 0.4) is 0 Å². The number of benzene rings is 2. The Hall–Kier alpha value is -1.89. The summed E-state index contributed by atoms with van der Waals surface area (Å²) in [6.45, 7) is 2.06. The number of sulfonamides is 1. The lowest BCUT2D eigenvalue weighted by Gasteiger charge is -2.18. The molecule has 1 amide bonds. The smallest absolute Gasteiger partial charge is 0.226 e. The average Bonchev–Trinajstić information content (AvgIpc) is 2.54. The molecular formula is C18H21ClN2O3S. The third-order valence-corrected chi connectivity index (χ3v) is 4.63. The van der Waals surface area contributed by atoms with E-state index in [4.69, 9.17) is 11.6 Å². The van der Waals surface area contributed by atoms with Crippen molar-refractivity contribution in [3.8, 4) is 0 Å². The molecule has 2 N–H and O–H groups in total. The van der Waals surface area contributed by atoms with Crippen LogP contribution in [0.5, 0.6) is 0 Å². The predicted molar refractivity (Wildman–Crippen MR) is 101 cm³/mol. The van der Waals surface area contributed by atoms with E-state index >= 15 is 0 Å². The number of rotatable bonds is 7. The maximum absolute atomic E-state index is 12.3. The zero-order valence-electron chi connectivity index (χ0n) is 14.1. The van der Waals surface area contributed by atoms with Crippen LogP contribution in [0, 0.1) is 0 Å². The Bertz CT molecular complexity index is 818. The van der Waals surface area contributed by atoms with Crippen molar-refractivity contribution < 1.29 is 13.2 Å². The normalized spacial score (nSPS) is 12.6. The van der Waals surface area contributed by atoms with Crippen LogP contribution in [-0.4, -0.2) is 20.6 Å². The Morgan fingerprint density at radius 3 is 2.20 bits per heavy atom. The Balaban J connectivity index is 2.11. The molecule has 7 heteroatoms. The minimum absolute atomic E-state index is 0.0236. The van der Waals surface area contributed by atoms with E-state index in [0.29, 0.717) is 16.3 Å². The molecule has 5 nitrogen and oxygen atoms in total. The Labute approximate surface area is 153 Å². The molecule has 0 bridgehead atoms. The Kier molecular flexibility index (Phi) is 6.58. The summed E-state index contributed by atoms with van der Waals surface area (Å²) in [4.78, 5) is 12.3. The minimum Gasteiger partial charge on any atom is -0.326 e. The van der Waals surface area contributed by atoms with E-state index in [0.717, 1.165) is 12.7 Å². The lowest BCUT2D eigenvalue weighted by molar-refractivity contribution is -0.116. The van der Waals surface area contributed by atoms with Crippen LogP contribution in [0.1, 0.15) is 30.5 Å². The number of halogens is 1. The number of amides is 1. The topological polar surface area (TPSA) is 75.3 Å². The monoisotopic (exact) mass is 380 g/mol. The maximum atomic E-state index is 12.3. The molecule has 0 fully saturated rings. The van der Waals surface area contributed by atoms with Gasteiger partial charge >= 0.3 is 0 Å². The van der Waals surface area contributed by atoms with E-state index in [1.54, 1.807) is 24.3 Å². The average molecular weight is 381 g/mol. The molecule has 25 heavy (non-hydrogen) atoms. The van der Waals surface area contributed by atoms with Crippen LogP contribution < -0.4 is 10.0 Å². The summed E-state index contributed by atoms with van der Waals surface area (Å²) < 4.78 is 25.7. The van der Waals surface area contributed by atoms with Crippen molar-refractivity contribution in [2.45, 2.75) is 25.8 Å². The van der Waals surface area contributed by atoms with Crippen molar-refractivity contribution >= 4 is 33.2 Å². The van der Waals surface area contributed by atoms with Gasteiger partial charge in [0.1, 0.15) is 0 Å². The van der Waals surface area contributed by atoms with Crippen LogP contribution in [0.4, 0.5) is 5.69 Å². The summed E-state index contributed by atoms with van der Waals surface area (Å²) in [6.07, 6.45) is 1.96. The van der Waals surface area contributed by atoms with E-state index in [1.165, 1.54) is 5.56 Å². The van der Waals surface area contributed by atoms with E-state index in [9.17, 15) is 13.2 Å². The minimum atomic E-state index is -3.47. The van der Waals surface area contributed by atoms with Gasteiger partial charge in [-0.1, -0.05) is 42.8 Å². The van der Waals surface area contributed by atoms with E-state index in [-0.39, 0.29) is 12.3 Å². The molecule has 0 heterocycles.